The number of aromatic carboxylic acids is 1. The Morgan fingerprint density at radius 3 is 2.30 bits per heavy atom. The molecule has 192 valence electrons. The highest BCUT2D eigenvalue weighted by atomic mass is 35.5. The Labute approximate surface area is 231 Å². The molecule has 0 spiro atoms. The third kappa shape index (κ3) is 6.15. The van der Waals surface area contributed by atoms with Crippen molar-refractivity contribution in [2.45, 2.75) is 50.4 Å². The number of halogens is 2. The van der Waals surface area contributed by atoms with Crippen LogP contribution >= 0.6 is 35.0 Å². The van der Waals surface area contributed by atoms with Crippen molar-refractivity contribution in [2.24, 2.45) is 0 Å². The fraction of sp³-hybridized carbons (Fsp3) is 0.241. The number of hydrogen-bond donors (Lipinski definition) is 1. The Kier molecular flexibility index (Phi) is 8.53. The summed E-state index contributed by atoms with van der Waals surface area (Å²) in [6.45, 7) is 8.76. The summed E-state index contributed by atoms with van der Waals surface area (Å²) in [7, 11) is 0. The standard InChI is InChI=1S/C29H28Cl2N2O3S/c1-17(2)24-15-32-33(28-25(30)6-5-7-26(28)31)27(24)16-36-21-10-13-23(18(3)14-21)19(4)37-22-11-8-20(9-12-22)29(34)35/h5-15,17,19H,16H2,1-4H3,(H,34,35). The van der Waals surface area contributed by atoms with Crippen molar-refractivity contribution in [3.05, 3.63) is 105 Å². The van der Waals surface area contributed by atoms with Crippen LogP contribution in [-0.2, 0) is 6.61 Å². The van der Waals surface area contributed by atoms with Crippen molar-refractivity contribution in [3.8, 4) is 11.4 Å². The van der Waals surface area contributed by atoms with Crippen LogP contribution in [0.5, 0.6) is 5.75 Å². The second-order valence-corrected chi connectivity index (χ2v) is 11.3. The predicted octanol–water partition coefficient (Wildman–Crippen LogP) is 8.74. The topological polar surface area (TPSA) is 64.4 Å². The summed E-state index contributed by atoms with van der Waals surface area (Å²) in [5.41, 5.74) is 5.21. The molecule has 8 heteroatoms. The van der Waals surface area contributed by atoms with E-state index in [0.717, 1.165) is 27.5 Å². The Hall–Kier alpha value is -2.93. The van der Waals surface area contributed by atoms with Crippen LogP contribution in [0, 0.1) is 6.92 Å². The number of carboxylic acid groups (broad SMARTS) is 1. The van der Waals surface area contributed by atoms with Crippen LogP contribution in [0.2, 0.25) is 10.0 Å². The number of para-hydroxylation sites is 1. The van der Waals surface area contributed by atoms with E-state index >= 15 is 0 Å². The lowest BCUT2D eigenvalue weighted by atomic mass is 10.0. The maximum atomic E-state index is 11.1. The van der Waals surface area contributed by atoms with Gasteiger partial charge in [0.25, 0.3) is 0 Å². The zero-order valence-corrected chi connectivity index (χ0v) is 23.4. The summed E-state index contributed by atoms with van der Waals surface area (Å²) in [4.78, 5) is 12.1. The van der Waals surface area contributed by atoms with Crippen LogP contribution < -0.4 is 4.74 Å². The summed E-state index contributed by atoms with van der Waals surface area (Å²) in [6.07, 6.45) is 1.85. The van der Waals surface area contributed by atoms with E-state index in [1.165, 1.54) is 5.56 Å². The SMILES string of the molecule is Cc1cc(OCc2c(C(C)C)cnn2-c2c(Cl)cccc2Cl)ccc1C(C)Sc1ccc(C(=O)O)cc1. The zero-order chi connectivity index (χ0) is 26.7. The molecule has 4 aromatic rings. The van der Waals surface area contributed by atoms with Gasteiger partial charge in [-0.3, -0.25) is 0 Å². The molecule has 5 nitrogen and oxygen atoms in total. The zero-order valence-electron chi connectivity index (χ0n) is 21.0. The minimum absolute atomic E-state index is 0.182. The molecule has 1 N–H and O–H groups in total. The van der Waals surface area contributed by atoms with Crippen molar-refractivity contribution in [2.75, 3.05) is 0 Å². The molecular formula is C29H28Cl2N2O3S. The van der Waals surface area contributed by atoms with Gasteiger partial charge >= 0.3 is 5.97 Å². The van der Waals surface area contributed by atoms with E-state index in [4.69, 9.17) is 33.0 Å². The quantitative estimate of drug-likeness (QED) is 0.209. The summed E-state index contributed by atoms with van der Waals surface area (Å²) in [5, 5.41) is 14.9. The largest absolute Gasteiger partial charge is 0.487 e. The maximum Gasteiger partial charge on any atom is 0.335 e. The number of carbonyl (C=O) groups is 1. The van der Waals surface area contributed by atoms with Gasteiger partial charge in [0.1, 0.15) is 18.0 Å². The molecule has 0 aliphatic rings. The lowest BCUT2D eigenvalue weighted by molar-refractivity contribution is 0.0697. The minimum Gasteiger partial charge on any atom is -0.487 e. The number of carboxylic acids is 1. The van der Waals surface area contributed by atoms with Crippen molar-refractivity contribution >= 4 is 40.9 Å². The molecule has 0 saturated carbocycles. The maximum absolute atomic E-state index is 11.1. The van der Waals surface area contributed by atoms with E-state index < -0.39 is 5.97 Å². The number of rotatable bonds is 9. The first kappa shape index (κ1) is 27.1. The second kappa shape index (κ2) is 11.6. The average Bonchev–Trinajstić information content (AvgIpc) is 3.26. The van der Waals surface area contributed by atoms with Crippen LogP contribution in [0.1, 0.15) is 64.7 Å². The highest BCUT2D eigenvalue weighted by Crippen LogP contribution is 2.38. The number of aromatic nitrogens is 2. The third-order valence-electron chi connectivity index (χ3n) is 6.14. The average molecular weight is 556 g/mol. The molecular weight excluding hydrogens is 527 g/mol. The molecule has 37 heavy (non-hydrogen) atoms. The number of nitrogens with zero attached hydrogens (tertiary/aromatic N) is 2. The van der Waals surface area contributed by atoms with Crippen molar-refractivity contribution < 1.29 is 14.6 Å². The molecule has 1 unspecified atom stereocenters. The van der Waals surface area contributed by atoms with E-state index in [-0.39, 0.29) is 16.7 Å². The molecule has 0 aliphatic heterocycles. The minimum atomic E-state index is -0.922. The number of thioether (sulfide) groups is 1. The van der Waals surface area contributed by atoms with Gasteiger partial charge in [-0.15, -0.1) is 11.8 Å². The van der Waals surface area contributed by atoms with E-state index in [9.17, 15) is 4.79 Å². The Morgan fingerprint density at radius 2 is 1.70 bits per heavy atom. The normalized spacial score (nSPS) is 12.1. The molecule has 0 amide bonds. The lowest BCUT2D eigenvalue weighted by Gasteiger charge is -2.17. The van der Waals surface area contributed by atoms with Gasteiger partial charge in [0.15, 0.2) is 0 Å². The van der Waals surface area contributed by atoms with E-state index in [0.29, 0.717) is 22.3 Å². The van der Waals surface area contributed by atoms with Gasteiger partial charge in [-0.25, -0.2) is 9.48 Å². The van der Waals surface area contributed by atoms with E-state index in [2.05, 4.69) is 38.9 Å². The van der Waals surface area contributed by atoms with Gasteiger partial charge in [-0.2, -0.15) is 5.10 Å². The first-order chi connectivity index (χ1) is 17.7. The molecule has 0 saturated heterocycles. The van der Waals surface area contributed by atoms with Crippen LogP contribution in [0.3, 0.4) is 0 Å². The van der Waals surface area contributed by atoms with E-state index in [1.807, 2.05) is 36.5 Å². The summed E-state index contributed by atoms with van der Waals surface area (Å²) in [6, 6.07) is 18.5. The Bertz CT molecular complexity index is 1400. The van der Waals surface area contributed by atoms with Gasteiger partial charge < -0.3 is 9.84 Å². The van der Waals surface area contributed by atoms with Crippen molar-refractivity contribution in [1.29, 1.82) is 0 Å². The summed E-state index contributed by atoms with van der Waals surface area (Å²) in [5.74, 6) is 0.0895. The number of ether oxygens (including phenoxy) is 1. The highest BCUT2D eigenvalue weighted by Gasteiger charge is 2.20. The van der Waals surface area contributed by atoms with Crippen LogP contribution in [-0.4, -0.2) is 20.9 Å². The van der Waals surface area contributed by atoms with Crippen LogP contribution in [0.25, 0.3) is 5.69 Å². The highest BCUT2D eigenvalue weighted by molar-refractivity contribution is 7.99. The molecule has 3 aromatic carbocycles. The van der Waals surface area contributed by atoms with Crippen molar-refractivity contribution in [3.63, 3.8) is 0 Å². The summed E-state index contributed by atoms with van der Waals surface area (Å²) < 4.78 is 8.02. The van der Waals surface area contributed by atoms with Gasteiger partial charge in [-0.05, 0) is 85.0 Å². The third-order valence-corrected chi connectivity index (χ3v) is 7.90. The van der Waals surface area contributed by atoms with E-state index in [1.54, 1.807) is 40.7 Å². The monoisotopic (exact) mass is 554 g/mol. The van der Waals surface area contributed by atoms with Crippen LogP contribution in [0.15, 0.2) is 71.8 Å². The molecule has 0 radical (unpaired) electrons. The smallest absolute Gasteiger partial charge is 0.335 e. The molecule has 0 fully saturated rings. The fourth-order valence-corrected chi connectivity index (χ4v) is 5.84. The van der Waals surface area contributed by atoms with Gasteiger partial charge in [0.05, 0.1) is 27.5 Å². The summed E-state index contributed by atoms with van der Waals surface area (Å²) >= 11 is 14.6. The first-order valence-corrected chi connectivity index (χ1v) is 13.5. The van der Waals surface area contributed by atoms with Gasteiger partial charge in [0.2, 0.25) is 0 Å². The molecule has 1 atom stereocenters. The molecule has 0 aliphatic carbocycles. The number of hydrogen-bond acceptors (Lipinski definition) is 4. The Morgan fingerprint density at radius 1 is 1.03 bits per heavy atom. The lowest BCUT2D eigenvalue weighted by Crippen LogP contribution is -2.09. The molecule has 0 bridgehead atoms. The first-order valence-electron chi connectivity index (χ1n) is 11.9. The van der Waals surface area contributed by atoms with Crippen LogP contribution in [0.4, 0.5) is 0 Å². The molecule has 1 aromatic heterocycles. The molecule has 1 heterocycles. The van der Waals surface area contributed by atoms with Crippen molar-refractivity contribution in [1.82, 2.24) is 9.78 Å². The number of benzene rings is 3. The Balaban J connectivity index is 1.52. The van der Waals surface area contributed by atoms with Gasteiger partial charge in [0, 0.05) is 10.1 Å². The number of aryl methyl sites for hydroxylation is 1. The molecule has 4 rings (SSSR count). The van der Waals surface area contributed by atoms with Gasteiger partial charge in [-0.1, -0.05) is 49.2 Å². The second-order valence-electron chi connectivity index (χ2n) is 9.08. The predicted molar refractivity (Wildman–Crippen MR) is 151 cm³/mol. The fourth-order valence-electron chi connectivity index (χ4n) is 4.19.